The lowest BCUT2D eigenvalue weighted by Gasteiger charge is -2.45. The lowest BCUT2D eigenvalue weighted by molar-refractivity contribution is 0.0346. The van der Waals surface area contributed by atoms with E-state index in [1.807, 2.05) is 0 Å². The van der Waals surface area contributed by atoms with Crippen LogP contribution in [0.5, 0.6) is 0 Å². The molecular weight excluding hydrogens is 222 g/mol. The third kappa shape index (κ3) is 3.25. The number of piperazine rings is 1. The van der Waals surface area contributed by atoms with Crippen molar-refractivity contribution in [3.8, 4) is 0 Å². The van der Waals surface area contributed by atoms with Gasteiger partial charge in [-0.15, -0.1) is 0 Å². The van der Waals surface area contributed by atoms with Crippen LogP contribution in [0, 0.1) is 0 Å². The summed E-state index contributed by atoms with van der Waals surface area (Å²) in [5.74, 6) is 0. The Morgan fingerprint density at radius 3 is 2.39 bits per heavy atom. The molecule has 1 N–H and O–H groups in total. The highest BCUT2D eigenvalue weighted by Gasteiger charge is 2.34. The van der Waals surface area contributed by atoms with Gasteiger partial charge in [0.2, 0.25) is 0 Å². The van der Waals surface area contributed by atoms with Crippen molar-refractivity contribution in [1.82, 2.24) is 15.1 Å². The molecule has 0 aromatic heterocycles. The van der Waals surface area contributed by atoms with Crippen molar-refractivity contribution in [3.05, 3.63) is 0 Å². The molecule has 1 saturated carbocycles. The van der Waals surface area contributed by atoms with Gasteiger partial charge in [-0.2, -0.15) is 0 Å². The first-order valence-corrected chi connectivity index (χ1v) is 7.81. The molecule has 0 bridgehead atoms. The van der Waals surface area contributed by atoms with E-state index < -0.39 is 0 Å². The van der Waals surface area contributed by atoms with Crippen molar-refractivity contribution in [2.45, 2.75) is 70.6 Å². The first-order valence-electron chi connectivity index (χ1n) is 7.81. The van der Waals surface area contributed by atoms with Gasteiger partial charge < -0.3 is 5.32 Å². The second-order valence-corrected chi connectivity index (χ2v) is 6.44. The van der Waals surface area contributed by atoms with E-state index in [2.05, 4.69) is 42.9 Å². The summed E-state index contributed by atoms with van der Waals surface area (Å²) >= 11 is 0. The Labute approximate surface area is 113 Å². The molecule has 0 aromatic rings. The number of nitrogens with one attached hydrogen (secondary N) is 1. The first-order chi connectivity index (χ1) is 8.61. The Morgan fingerprint density at radius 1 is 1.11 bits per heavy atom. The lowest BCUT2D eigenvalue weighted by atomic mass is 10.1. The van der Waals surface area contributed by atoms with Crippen molar-refractivity contribution in [3.63, 3.8) is 0 Å². The third-order valence-electron chi connectivity index (χ3n) is 4.99. The summed E-state index contributed by atoms with van der Waals surface area (Å²) < 4.78 is 0. The Bertz CT molecular complexity index is 244. The van der Waals surface area contributed by atoms with E-state index >= 15 is 0 Å². The molecule has 1 saturated heterocycles. The predicted molar refractivity (Wildman–Crippen MR) is 78.0 cm³/mol. The van der Waals surface area contributed by atoms with Crippen molar-refractivity contribution in [2.24, 2.45) is 0 Å². The number of likely N-dealkylation sites (N-methyl/N-ethyl adjacent to an activating group) is 1. The SMILES string of the molecule is CCCNC1CCC(N2CC(C)N(C)C(C)C2)C1. The number of rotatable bonds is 4. The van der Waals surface area contributed by atoms with Gasteiger partial charge in [0.05, 0.1) is 0 Å². The molecule has 3 heteroatoms. The van der Waals surface area contributed by atoms with E-state index in [9.17, 15) is 0 Å². The zero-order valence-electron chi connectivity index (χ0n) is 12.7. The fourth-order valence-electron chi connectivity index (χ4n) is 3.57. The monoisotopic (exact) mass is 253 g/mol. The van der Waals surface area contributed by atoms with Gasteiger partial charge in [-0.1, -0.05) is 6.92 Å². The summed E-state index contributed by atoms with van der Waals surface area (Å²) in [5, 5.41) is 3.69. The highest BCUT2D eigenvalue weighted by molar-refractivity contribution is 4.92. The van der Waals surface area contributed by atoms with E-state index in [-0.39, 0.29) is 0 Å². The number of nitrogens with zero attached hydrogens (tertiary/aromatic N) is 2. The van der Waals surface area contributed by atoms with Crippen LogP contribution in [0.15, 0.2) is 0 Å². The minimum absolute atomic E-state index is 0.705. The summed E-state index contributed by atoms with van der Waals surface area (Å²) in [5.41, 5.74) is 0. The van der Waals surface area contributed by atoms with Crippen LogP contribution in [0.4, 0.5) is 0 Å². The van der Waals surface area contributed by atoms with E-state index in [1.165, 1.54) is 45.3 Å². The Balaban J connectivity index is 1.82. The van der Waals surface area contributed by atoms with Gasteiger partial charge in [-0.05, 0) is 53.1 Å². The smallest absolute Gasteiger partial charge is 0.0195 e. The van der Waals surface area contributed by atoms with Crippen molar-refractivity contribution >= 4 is 0 Å². The molecule has 0 aromatic carbocycles. The molecule has 18 heavy (non-hydrogen) atoms. The van der Waals surface area contributed by atoms with E-state index in [1.54, 1.807) is 0 Å². The number of hydrogen-bond acceptors (Lipinski definition) is 3. The summed E-state index contributed by atoms with van der Waals surface area (Å²) in [6, 6.07) is 3.02. The highest BCUT2D eigenvalue weighted by Crippen LogP contribution is 2.27. The van der Waals surface area contributed by atoms with Gasteiger partial charge in [0.1, 0.15) is 0 Å². The molecule has 0 radical (unpaired) electrons. The van der Waals surface area contributed by atoms with Crippen molar-refractivity contribution < 1.29 is 0 Å². The molecular formula is C15H31N3. The molecule has 106 valence electrons. The van der Waals surface area contributed by atoms with Crippen molar-refractivity contribution in [2.75, 3.05) is 26.7 Å². The van der Waals surface area contributed by atoms with Crippen LogP contribution in [-0.2, 0) is 0 Å². The molecule has 1 aliphatic carbocycles. The second-order valence-electron chi connectivity index (χ2n) is 6.44. The molecule has 1 heterocycles. The normalized spacial score (nSPS) is 39.3. The second kappa shape index (κ2) is 6.36. The maximum Gasteiger partial charge on any atom is 0.0195 e. The molecule has 2 fully saturated rings. The quantitative estimate of drug-likeness (QED) is 0.826. The summed E-state index contributed by atoms with van der Waals surface area (Å²) in [6.45, 7) is 10.7. The minimum atomic E-state index is 0.705. The highest BCUT2D eigenvalue weighted by atomic mass is 15.3. The van der Waals surface area contributed by atoms with Crippen LogP contribution in [0.3, 0.4) is 0 Å². The minimum Gasteiger partial charge on any atom is -0.314 e. The summed E-state index contributed by atoms with van der Waals surface area (Å²) in [7, 11) is 2.27. The van der Waals surface area contributed by atoms with Gasteiger partial charge in [0.25, 0.3) is 0 Å². The Hall–Kier alpha value is -0.120. The molecule has 4 atom stereocenters. The fraction of sp³-hybridized carbons (Fsp3) is 1.00. The zero-order valence-corrected chi connectivity index (χ0v) is 12.7. The molecule has 1 aliphatic heterocycles. The first kappa shape index (κ1) is 14.3. The van der Waals surface area contributed by atoms with E-state index in [0.29, 0.717) is 12.1 Å². The van der Waals surface area contributed by atoms with Gasteiger partial charge in [-0.25, -0.2) is 0 Å². The molecule has 0 spiro atoms. The van der Waals surface area contributed by atoms with Gasteiger partial charge in [0, 0.05) is 37.3 Å². The Kier molecular flexibility index (Phi) is 5.05. The van der Waals surface area contributed by atoms with Crippen LogP contribution in [0.25, 0.3) is 0 Å². The van der Waals surface area contributed by atoms with Gasteiger partial charge in [0.15, 0.2) is 0 Å². The summed E-state index contributed by atoms with van der Waals surface area (Å²) in [6.07, 6.45) is 5.39. The van der Waals surface area contributed by atoms with Crippen LogP contribution in [-0.4, -0.2) is 60.6 Å². The number of hydrogen-bond donors (Lipinski definition) is 1. The topological polar surface area (TPSA) is 18.5 Å². The molecule has 0 amide bonds. The molecule has 4 unspecified atom stereocenters. The van der Waals surface area contributed by atoms with Gasteiger partial charge in [-0.3, -0.25) is 9.80 Å². The largest absolute Gasteiger partial charge is 0.314 e. The Morgan fingerprint density at radius 2 is 1.78 bits per heavy atom. The fourth-order valence-corrected chi connectivity index (χ4v) is 3.57. The molecule has 2 rings (SSSR count). The van der Waals surface area contributed by atoms with E-state index in [0.717, 1.165) is 12.1 Å². The average Bonchev–Trinajstić information content (AvgIpc) is 2.81. The third-order valence-corrected chi connectivity index (χ3v) is 4.99. The average molecular weight is 253 g/mol. The van der Waals surface area contributed by atoms with Crippen LogP contribution >= 0.6 is 0 Å². The van der Waals surface area contributed by atoms with Crippen LogP contribution in [0.1, 0.15) is 46.5 Å². The van der Waals surface area contributed by atoms with Crippen molar-refractivity contribution in [1.29, 1.82) is 0 Å². The lowest BCUT2D eigenvalue weighted by Crippen LogP contribution is -2.57. The maximum atomic E-state index is 3.69. The zero-order chi connectivity index (χ0) is 13.1. The summed E-state index contributed by atoms with van der Waals surface area (Å²) in [4.78, 5) is 5.28. The van der Waals surface area contributed by atoms with Gasteiger partial charge >= 0.3 is 0 Å². The molecule has 3 nitrogen and oxygen atoms in total. The van der Waals surface area contributed by atoms with E-state index in [4.69, 9.17) is 0 Å². The predicted octanol–water partition coefficient (Wildman–Crippen LogP) is 1.93. The molecule has 2 aliphatic rings. The van der Waals surface area contributed by atoms with Crippen LogP contribution in [0.2, 0.25) is 0 Å². The maximum absolute atomic E-state index is 3.69. The van der Waals surface area contributed by atoms with Crippen LogP contribution < -0.4 is 5.32 Å². The standard InChI is InChI=1S/C15H31N3/c1-5-8-16-14-6-7-15(9-14)18-10-12(2)17(4)13(3)11-18/h12-16H,5-11H2,1-4H3.